The smallest absolute Gasteiger partial charge is 0.262 e. The van der Waals surface area contributed by atoms with Crippen LogP contribution >= 0.6 is 15.9 Å². The van der Waals surface area contributed by atoms with Crippen LogP contribution in [-0.2, 0) is 4.79 Å². The van der Waals surface area contributed by atoms with E-state index >= 15 is 0 Å². The molecule has 1 N–H and O–H groups in total. The van der Waals surface area contributed by atoms with Gasteiger partial charge < -0.3 is 5.32 Å². The largest absolute Gasteiger partial charge is 0.348 e. The van der Waals surface area contributed by atoms with Crippen LogP contribution in [0.15, 0.2) is 46.5 Å². The van der Waals surface area contributed by atoms with Crippen molar-refractivity contribution >= 4 is 27.9 Å². The maximum Gasteiger partial charge on any atom is 0.262 e. The van der Waals surface area contributed by atoms with E-state index in [4.69, 9.17) is 0 Å². The summed E-state index contributed by atoms with van der Waals surface area (Å²) in [5.74, 6) is 0.181. The van der Waals surface area contributed by atoms with Crippen molar-refractivity contribution < 1.29 is 4.79 Å². The van der Waals surface area contributed by atoms with Gasteiger partial charge in [-0.2, -0.15) is 5.26 Å². The molecule has 120 valence electrons. The average molecular weight is 373 g/mol. The monoisotopic (exact) mass is 372 g/mol. The fourth-order valence-electron chi connectivity index (χ4n) is 2.81. The number of nitrogens with one attached hydrogen (secondary N) is 1. The van der Waals surface area contributed by atoms with Crippen molar-refractivity contribution in [2.24, 2.45) is 5.92 Å². The molecule has 0 spiro atoms. The van der Waals surface area contributed by atoms with Gasteiger partial charge in [0, 0.05) is 10.5 Å². The first-order valence-electron chi connectivity index (χ1n) is 7.95. The van der Waals surface area contributed by atoms with Gasteiger partial charge in [0.1, 0.15) is 11.6 Å². The van der Waals surface area contributed by atoms with Gasteiger partial charge in [0.25, 0.3) is 5.91 Å². The van der Waals surface area contributed by atoms with E-state index in [0.717, 1.165) is 24.8 Å². The number of halogens is 1. The number of carbonyl (C=O) groups excluding carboxylic acids is 1. The van der Waals surface area contributed by atoms with E-state index in [0.29, 0.717) is 10.4 Å². The summed E-state index contributed by atoms with van der Waals surface area (Å²) < 4.78 is 0.701. The quantitative estimate of drug-likeness (QED) is 0.478. The Hall–Kier alpha value is -1.86. The van der Waals surface area contributed by atoms with Crippen LogP contribution in [0.3, 0.4) is 0 Å². The summed E-state index contributed by atoms with van der Waals surface area (Å²) in [4.78, 5) is 12.3. The van der Waals surface area contributed by atoms with Gasteiger partial charge in [0.15, 0.2) is 0 Å². The Morgan fingerprint density at radius 1 is 1.30 bits per heavy atom. The predicted molar refractivity (Wildman–Crippen MR) is 96.6 cm³/mol. The Morgan fingerprint density at radius 3 is 2.65 bits per heavy atom. The summed E-state index contributed by atoms with van der Waals surface area (Å²) >= 11 is 3.42. The topological polar surface area (TPSA) is 52.9 Å². The van der Waals surface area contributed by atoms with Gasteiger partial charge in [-0.25, -0.2) is 0 Å². The molecule has 2 rings (SSSR count). The molecular weight excluding hydrogens is 352 g/mol. The highest BCUT2D eigenvalue weighted by Gasteiger charge is 2.23. The molecule has 0 aliphatic heterocycles. The molecule has 0 aromatic heterocycles. The normalized spacial score (nSPS) is 22.3. The first kappa shape index (κ1) is 17.5. The lowest BCUT2D eigenvalue weighted by molar-refractivity contribution is -0.118. The number of hydrogen-bond acceptors (Lipinski definition) is 2. The molecule has 1 aromatic carbocycles. The first-order chi connectivity index (χ1) is 11.1. The Bertz CT molecular complexity index is 643. The summed E-state index contributed by atoms with van der Waals surface area (Å²) in [7, 11) is 0. The van der Waals surface area contributed by atoms with Crippen molar-refractivity contribution in [2.45, 2.75) is 38.6 Å². The second-order valence-corrected chi connectivity index (χ2v) is 6.87. The zero-order chi connectivity index (χ0) is 16.7. The van der Waals surface area contributed by atoms with Crippen LogP contribution in [0.25, 0.3) is 6.08 Å². The van der Waals surface area contributed by atoms with E-state index in [1.165, 1.54) is 6.42 Å². The molecule has 0 heterocycles. The lowest BCUT2D eigenvalue weighted by Gasteiger charge is -2.29. The molecule has 23 heavy (non-hydrogen) atoms. The minimum atomic E-state index is -0.287. The molecule has 0 bridgehead atoms. The third-order valence-corrected chi connectivity index (χ3v) is 4.64. The van der Waals surface area contributed by atoms with E-state index in [9.17, 15) is 10.1 Å². The molecule has 1 aliphatic carbocycles. The average Bonchev–Trinajstić information content (AvgIpc) is 2.55. The Morgan fingerprint density at radius 2 is 2.00 bits per heavy atom. The number of benzene rings is 1. The van der Waals surface area contributed by atoms with Gasteiger partial charge in [0.2, 0.25) is 0 Å². The fraction of sp³-hybridized carbons (Fsp3) is 0.368. The molecule has 1 aliphatic rings. The van der Waals surface area contributed by atoms with Crippen molar-refractivity contribution in [1.29, 1.82) is 5.26 Å². The van der Waals surface area contributed by atoms with Crippen LogP contribution in [0.5, 0.6) is 0 Å². The number of hydrogen-bond donors (Lipinski definition) is 1. The van der Waals surface area contributed by atoms with Crippen LogP contribution < -0.4 is 5.32 Å². The van der Waals surface area contributed by atoms with Crippen molar-refractivity contribution in [1.82, 2.24) is 5.32 Å². The summed E-state index contributed by atoms with van der Waals surface area (Å²) in [6.07, 6.45) is 7.95. The maximum absolute atomic E-state index is 12.3. The molecule has 1 aromatic rings. The van der Waals surface area contributed by atoms with Crippen LogP contribution in [0.1, 0.15) is 38.2 Å². The molecule has 2 atom stereocenters. The van der Waals surface area contributed by atoms with Crippen molar-refractivity contribution in [2.75, 3.05) is 0 Å². The Kier molecular flexibility index (Phi) is 6.61. The van der Waals surface area contributed by atoms with Gasteiger partial charge in [-0.15, -0.1) is 0 Å². The van der Waals surface area contributed by atoms with Gasteiger partial charge in [-0.05, 0) is 36.5 Å². The van der Waals surface area contributed by atoms with Crippen LogP contribution in [0, 0.1) is 17.2 Å². The standard InChI is InChI=1S/C19H21BrN2O/c1-14-7-5-6-10-18(14)22-19(23)16(13-21)12-17(20)11-15-8-3-2-4-9-15/h2-4,8-9,11-12,14,18H,5-7,10H2,1H3,(H,22,23)/b16-12+,17-11-/t14-,18-/m0/s1. The number of allylic oxidation sites excluding steroid dienone is 2. The summed E-state index contributed by atoms with van der Waals surface area (Å²) in [5, 5.41) is 12.3. The predicted octanol–water partition coefficient (Wildman–Crippen LogP) is 4.57. The highest BCUT2D eigenvalue weighted by Crippen LogP contribution is 2.24. The van der Waals surface area contributed by atoms with Crippen molar-refractivity contribution in [3.05, 3.63) is 52.0 Å². The Labute approximate surface area is 146 Å². The zero-order valence-electron chi connectivity index (χ0n) is 13.3. The van der Waals surface area contributed by atoms with E-state index in [2.05, 4.69) is 28.2 Å². The van der Waals surface area contributed by atoms with Crippen LogP contribution in [-0.4, -0.2) is 11.9 Å². The molecule has 0 unspecified atom stereocenters. The van der Waals surface area contributed by atoms with Crippen molar-refractivity contribution in [3.8, 4) is 6.07 Å². The number of nitrogens with zero attached hydrogens (tertiary/aromatic N) is 1. The number of nitriles is 1. The van der Waals surface area contributed by atoms with E-state index in [-0.39, 0.29) is 17.5 Å². The highest BCUT2D eigenvalue weighted by atomic mass is 79.9. The summed E-state index contributed by atoms with van der Waals surface area (Å²) in [5.41, 5.74) is 1.14. The zero-order valence-corrected chi connectivity index (χ0v) is 14.8. The van der Waals surface area contributed by atoms with Crippen LogP contribution in [0.4, 0.5) is 0 Å². The minimum absolute atomic E-state index is 0.127. The minimum Gasteiger partial charge on any atom is -0.348 e. The fourth-order valence-corrected chi connectivity index (χ4v) is 3.31. The second-order valence-electron chi connectivity index (χ2n) is 5.95. The molecule has 1 saturated carbocycles. The first-order valence-corrected chi connectivity index (χ1v) is 8.74. The van der Waals surface area contributed by atoms with Gasteiger partial charge >= 0.3 is 0 Å². The van der Waals surface area contributed by atoms with Crippen LogP contribution in [0.2, 0.25) is 0 Å². The summed E-state index contributed by atoms with van der Waals surface area (Å²) in [6.45, 7) is 2.16. The summed E-state index contributed by atoms with van der Waals surface area (Å²) in [6, 6.07) is 11.9. The molecule has 4 heteroatoms. The van der Waals surface area contributed by atoms with E-state index < -0.39 is 0 Å². The van der Waals surface area contributed by atoms with Gasteiger partial charge in [-0.3, -0.25) is 4.79 Å². The number of carbonyl (C=O) groups is 1. The van der Waals surface area contributed by atoms with E-state index in [1.807, 2.05) is 42.5 Å². The van der Waals surface area contributed by atoms with E-state index in [1.54, 1.807) is 6.08 Å². The molecule has 1 amide bonds. The molecule has 0 saturated heterocycles. The number of rotatable bonds is 4. The maximum atomic E-state index is 12.3. The second kappa shape index (κ2) is 8.69. The third kappa shape index (κ3) is 5.37. The van der Waals surface area contributed by atoms with Gasteiger partial charge in [0.05, 0.1) is 0 Å². The molecule has 1 fully saturated rings. The SMILES string of the molecule is C[C@H]1CCCC[C@@H]1NC(=O)/C(C#N)=C/C(Br)=C/c1ccccc1. The molecular formula is C19H21BrN2O. The molecule has 0 radical (unpaired) electrons. The lowest BCUT2D eigenvalue weighted by Crippen LogP contribution is -2.41. The Balaban J connectivity index is 2.07. The lowest BCUT2D eigenvalue weighted by atomic mass is 9.86. The van der Waals surface area contributed by atoms with Crippen molar-refractivity contribution in [3.63, 3.8) is 0 Å². The highest BCUT2D eigenvalue weighted by molar-refractivity contribution is 9.12. The third-order valence-electron chi connectivity index (χ3n) is 4.18. The number of amides is 1. The molecule has 3 nitrogen and oxygen atoms in total. The van der Waals surface area contributed by atoms with Gasteiger partial charge in [-0.1, -0.05) is 66.0 Å².